The standard InChI is InChI=1S/C22H19N3O2/c1-16-7-9-17(10-8-16)22-25-24-21(27-22)15-23-18-11-13-20(14-12-18)26-19-5-3-2-4-6-19/h2-14,23H,15H2,1H3. The minimum absolute atomic E-state index is 0.456. The van der Waals surface area contributed by atoms with E-state index in [0.717, 1.165) is 22.7 Å². The van der Waals surface area contributed by atoms with Crippen molar-refractivity contribution in [2.45, 2.75) is 13.5 Å². The SMILES string of the molecule is Cc1ccc(-c2nnc(CNc3ccc(Oc4ccccc4)cc3)o2)cc1. The Labute approximate surface area is 157 Å². The summed E-state index contributed by atoms with van der Waals surface area (Å²) in [7, 11) is 0. The first-order valence-electron chi connectivity index (χ1n) is 8.72. The number of aryl methyl sites for hydroxylation is 1. The molecule has 0 aliphatic carbocycles. The zero-order valence-electron chi connectivity index (χ0n) is 14.9. The lowest BCUT2D eigenvalue weighted by Crippen LogP contribution is -1.99. The van der Waals surface area contributed by atoms with Crippen LogP contribution in [-0.4, -0.2) is 10.2 Å². The van der Waals surface area contributed by atoms with Crippen LogP contribution in [0.3, 0.4) is 0 Å². The van der Waals surface area contributed by atoms with E-state index in [1.165, 1.54) is 5.56 Å². The maximum atomic E-state index is 5.79. The first-order chi connectivity index (χ1) is 13.3. The van der Waals surface area contributed by atoms with E-state index in [4.69, 9.17) is 9.15 Å². The predicted octanol–water partition coefficient (Wildman–Crippen LogP) is 5.45. The van der Waals surface area contributed by atoms with Crippen molar-refractivity contribution >= 4 is 5.69 Å². The van der Waals surface area contributed by atoms with Gasteiger partial charge in [-0.2, -0.15) is 0 Å². The van der Waals surface area contributed by atoms with Gasteiger partial charge in [0.2, 0.25) is 11.8 Å². The molecule has 0 aliphatic rings. The lowest BCUT2D eigenvalue weighted by atomic mass is 10.1. The summed E-state index contributed by atoms with van der Waals surface area (Å²) in [4.78, 5) is 0. The third-order valence-electron chi connectivity index (χ3n) is 4.04. The molecule has 0 fully saturated rings. The molecule has 4 aromatic rings. The van der Waals surface area contributed by atoms with E-state index < -0.39 is 0 Å². The summed E-state index contributed by atoms with van der Waals surface area (Å²) in [5.74, 6) is 2.66. The third-order valence-corrected chi connectivity index (χ3v) is 4.04. The largest absolute Gasteiger partial charge is 0.457 e. The lowest BCUT2D eigenvalue weighted by molar-refractivity contribution is 0.483. The van der Waals surface area contributed by atoms with Crippen LogP contribution in [0.1, 0.15) is 11.5 Å². The van der Waals surface area contributed by atoms with Crippen molar-refractivity contribution in [2.75, 3.05) is 5.32 Å². The number of benzene rings is 3. The molecule has 0 saturated carbocycles. The normalized spacial score (nSPS) is 10.6. The highest BCUT2D eigenvalue weighted by atomic mass is 16.5. The second kappa shape index (κ2) is 7.74. The number of ether oxygens (including phenoxy) is 1. The number of hydrogen-bond acceptors (Lipinski definition) is 5. The van der Waals surface area contributed by atoms with Gasteiger partial charge in [0.1, 0.15) is 11.5 Å². The number of aromatic nitrogens is 2. The quantitative estimate of drug-likeness (QED) is 0.497. The van der Waals surface area contributed by atoms with Crippen LogP contribution in [0, 0.1) is 6.92 Å². The lowest BCUT2D eigenvalue weighted by Gasteiger charge is -2.07. The number of nitrogens with zero attached hydrogens (tertiary/aromatic N) is 2. The molecular formula is C22H19N3O2. The molecule has 0 unspecified atom stereocenters. The Bertz CT molecular complexity index is 994. The Hall–Kier alpha value is -3.60. The number of para-hydroxylation sites is 1. The van der Waals surface area contributed by atoms with Crippen molar-refractivity contribution in [1.29, 1.82) is 0 Å². The Balaban J connectivity index is 1.35. The smallest absolute Gasteiger partial charge is 0.247 e. The summed E-state index contributed by atoms with van der Waals surface area (Å²) in [6.45, 7) is 2.50. The summed E-state index contributed by atoms with van der Waals surface area (Å²) in [6, 6.07) is 25.4. The summed E-state index contributed by atoms with van der Waals surface area (Å²) in [6.07, 6.45) is 0. The predicted molar refractivity (Wildman–Crippen MR) is 105 cm³/mol. The van der Waals surface area contributed by atoms with Crippen LogP contribution >= 0.6 is 0 Å². The molecule has 134 valence electrons. The summed E-state index contributed by atoms with van der Waals surface area (Å²) in [5, 5.41) is 11.5. The molecule has 3 aromatic carbocycles. The molecule has 0 radical (unpaired) electrons. The molecule has 27 heavy (non-hydrogen) atoms. The Kier molecular flexibility index (Phi) is 4.83. The van der Waals surface area contributed by atoms with Gasteiger partial charge < -0.3 is 14.5 Å². The highest BCUT2D eigenvalue weighted by Crippen LogP contribution is 2.23. The zero-order valence-corrected chi connectivity index (χ0v) is 14.9. The fraction of sp³-hybridized carbons (Fsp3) is 0.0909. The molecule has 1 N–H and O–H groups in total. The van der Waals surface area contributed by atoms with E-state index in [0.29, 0.717) is 18.3 Å². The molecule has 0 saturated heterocycles. The second-order valence-corrected chi connectivity index (χ2v) is 6.16. The molecule has 0 aliphatic heterocycles. The number of hydrogen-bond donors (Lipinski definition) is 1. The Morgan fingerprint density at radius 1 is 0.815 bits per heavy atom. The van der Waals surface area contributed by atoms with Gasteiger partial charge in [0, 0.05) is 11.3 Å². The molecule has 0 bridgehead atoms. The molecule has 4 rings (SSSR count). The van der Waals surface area contributed by atoms with Crippen LogP contribution in [0.15, 0.2) is 83.3 Å². The minimum atomic E-state index is 0.456. The maximum absolute atomic E-state index is 5.79. The first kappa shape index (κ1) is 16.8. The Morgan fingerprint density at radius 3 is 2.26 bits per heavy atom. The van der Waals surface area contributed by atoms with Crippen LogP contribution in [0.25, 0.3) is 11.5 Å². The van der Waals surface area contributed by atoms with Gasteiger partial charge in [-0.1, -0.05) is 35.9 Å². The Morgan fingerprint density at radius 2 is 1.52 bits per heavy atom. The van der Waals surface area contributed by atoms with Crippen molar-refractivity contribution in [2.24, 2.45) is 0 Å². The summed E-state index contributed by atoms with van der Waals surface area (Å²) in [5.41, 5.74) is 3.06. The zero-order chi connectivity index (χ0) is 18.5. The first-order valence-corrected chi connectivity index (χ1v) is 8.72. The van der Waals surface area contributed by atoms with Crippen molar-refractivity contribution in [3.05, 3.63) is 90.3 Å². The van der Waals surface area contributed by atoms with Gasteiger partial charge in [-0.15, -0.1) is 10.2 Å². The van der Waals surface area contributed by atoms with Crippen LogP contribution < -0.4 is 10.1 Å². The molecule has 0 atom stereocenters. The van der Waals surface area contributed by atoms with Gasteiger partial charge in [0.05, 0.1) is 6.54 Å². The van der Waals surface area contributed by atoms with Gasteiger partial charge in [0.15, 0.2) is 0 Å². The molecule has 1 aromatic heterocycles. The van der Waals surface area contributed by atoms with E-state index in [2.05, 4.69) is 15.5 Å². The second-order valence-electron chi connectivity index (χ2n) is 6.16. The van der Waals surface area contributed by atoms with Crippen molar-refractivity contribution in [3.63, 3.8) is 0 Å². The molecule has 5 heteroatoms. The minimum Gasteiger partial charge on any atom is -0.457 e. The number of rotatable bonds is 6. The fourth-order valence-corrected chi connectivity index (χ4v) is 2.58. The molecule has 0 spiro atoms. The van der Waals surface area contributed by atoms with Crippen molar-refractivity contribution in [3.8, 4) is 23.0 Å². The highest BCUT2D eigenvalue weighted by molar-refractivity contribution is 5.53. The van der Waals surface area contributed by atoms with E-state index in [1.807, 2.05) is 85.8 Å². The van der Waals surface area contributed by atoms with Crippen molar-refractivity contribution in [1.82, 2.24) is 10.2 Å². The molecule has 0 amide bonds. The van der Waals surface area contributed by atoms with Gasteiger partial charge in [-0.05, 0) is 55.5 Å². The van der Waals surface area contributed by atoms with Gasteiger partial charge in [-0.3, -0.25) is 0 Å². The fourth-order valence-electron chi connectivity index (χ4n) is 2.58. The average molecular weight is 357 g/mol. The summed E-state index contributed by atoms with van der Waals surface area (Å²) < 4.78 is 11.5. The molecule has 5 nitrogen and oxygen atoms in total. The van der Waals surface area contributed by atoms with Gasteiger partial charge in [-0.25, -0.2) is 0 Å². The average Bonchev–Trinajstić information content (AvgIpc) is 3.18. The van der Waals surface area contributed by atoms with E-state index in [-0.39, 0.29) is 0 Å². The van der Waals surface area contributed by atoms with Crippen LogP contribution in [-0.2, 0) is 6.54 Å². The van der Waals surface area contributed by atoms with E-state index >= 15 is 0 Å². The maximum Gasteiger partial charge on any atom is 0.247 e. The van der Waals surface area contributed by atoms with E-state index in [1.54, 1.807) is 0 Å². The topological polar surface area (TPSA) is 60.2 Å². The molecule has 1 heterocycles. The number of anilines is 1. The van der Waals surface area contributed by atoms with E-state index in [9.17, 15) is 0 Å². The third kappa shape index (κ3) is 4.33. The van der Waals surface area contributed by atoms with Crippen LogP contribution in [0.2, 0.25) is 0 Å². The van der Waals surface area contributed by atoms with Gasteiger partial charge >= 0.3 is 0 Å². The monoisotopic (exact) mass is 357 g/mol. The summed E-state index contributed by atoms with van der Waals surface area (Å²) >= 11 is 0. The number of nitrogens with one attached hydrogen (secondary N) is 1. The van der Waals surface area contributed by atoms with Crippen molar-refractivity contribution < 1.29 is 9.15 Å². The highest BCUT2D eigenvalue weighted by Gasteiger charge is 2.08. The van der Waals surface area contributed by atoms with Crippen LogP contribution in [0.4, 0.5) is 5.69 Å². The molecular weight excluding hydrogens is 338 g/mol. The van der Waals surface area contributed by atoms with Gasteiger partial charge in [0.25, 0.3) is 0 Å². The van der Waals surface area contributed by atoms with Crippen LogP contribution in [0.5, 0.6) is 11.5 Å².